The molecule has 0 unspecified atom stereocenters. The maximum Gasteiger partial charge on any atom is 0.0249 e. The van der Waals surface area contributed by atoms with Gasteiger partial charge in [0, 0.05) is 11.1 Å². The van der Waals surface area contributed by atoms with E-state index >= 15 is 0 Å². The zero-order chi connectivity index (χ0) is 12.7. The van der Waals surface area contributed by atoms with Crippen molar-refractivity contribution in [3.05, 3.63) is 84.1 Å². The van der Waals surface area contributed by atoms with Crippen molar-refractivity contribution in [3.63, 3.8) is 0 Å². The van der Waals surface area contributed by atoms with Gasteiger partial charge >= 0.3 is 0 Å². The summed E-state index contributed by atoms with van der Waals surface area (Å²) >= 11 is 0. The minimum atomic E-state index is 1.17. The Morgan fingerprint density at radius 1 is 0.737 bits per heavy atom. The largest absolute Gasteiger partial charge is 0.112 e. The van der Waals surface area contributed by atoms with E-state index in [1.165, 1.54) is 32.7 Å². The molecule has 0 amide bonds. The Bertz CT molecular complexity index is 834. The number of benzene rings is 3. The maximum absolute atomic E-state index is 3.34. The van der Waals surface area contributed by atoms with Gasteiger partial charge in [0.15, 0.2) is 0 Å². The Balaban J connectivity index is 2.26. The Morgan fingerprint density at radius 3 is 1.95 bits per heavy atom. The minimum absolute atomic E-state index is 1.17. The van der Waals surface area contributed by atoms with Crippen molar-refractivity contribution in [3.8, 4) is 0 Å². The van der Waals surface area contributed by atoms with E-state index in [9.17, 15) is 0 Å². The van der Waals surface area contributed by atoms with Crippen molar-refractivity contribution in [1.29, 1.82) is 0 Å². The van der Waals surface area contributed by atoms with Crippen LogP contribution in [0.1, 0.15) is 5.56 Å². The van der Waals surface area contributed by atoms with Crippen molar-refractivity contribution < 1.29 is 0 Å². The van der Waals surface area contributed by atoms with Crippen molar-refractivity contribution >= 4 is 27.1 Å². The highest BCUT2D eigenvalue weighted by Gasteiger charge is 2.10. The van der Waals surface area contributed by atoms with Crippen molar-refractivity contribution in [1.82, 2.24) is 0 Å². The first-order valence-corrected chi connectivity index (χ1v) is 6.48. The van der Waals surface area contributed by atoms with E-state index in [1.807, 2.05) is 12.2 Å². The van der Waals surface area contributed by atoms with Crippen molar-refractivity contribution in [2.24, 2.45) is 0 Å². The first kappa shape index (κ1) is 10.4. The number of hydrogen-bond acceptors (Lipinski definition) is 0. The summed E-state index contributed by atoms with van der Waals surface area (Å²) in [5.74, 6) is 0. The Hall–Kier alpha value is -2.56. The lowest BCUT2D eigenvalue weighted by Crippen LogP contribution is -1.86. The first-order chi connectivity index (χ1) is 9.43. The molecule has 0 saturated heterocycles. The third-order valence-corrected chi connectivity index (χ3v) is 3.64. The molecule has 0 aliphatic heterocycles. The second-order valence-corrected chi connectivity index (χ2v) is 4.78. The van der Waals surface area contributed by atoms with Crippen LogP contribution >= 0.6 is 0 Å². The van der Waals surface area contributed by atoms with E-state index in [0.717, 1.165) is 0 Å². The lowest BCUT2D eigenvalue weighted by Gasteiger charge is -2.10. The summed E-state index contributed by atoms with van der Waals surface area (Å²) in [4.78, 5) is 0. The zero-order valence-corrected chi connectivity index (χ0v) is 10.4. The molecule has 88 valence electrons. The van der Waals surface area contributed by atoms with Gasteiger partial charge in [-0.05, 0) is 39.8 Å². The van der Waals surface area contributed by atoms with Crippen LogP contribution in [0.15, 0.2) is 78.6 Å². The second-order valence-electron chi connectivity index (χ2n) is 4.78. The molecule has 0 atom stereocenters. The second kappa shape index (κ2) is 3.98. The Labute approximate surface area is 112 Å². The van der Waals surface area contributed by atoms with Gasteiger partial charge < -0.3 is 0 Å². The Kier molecular flexibility index (Phi) is 2.17. The fourth-order valence-electron chi connectivity index (χ4n) is 2.79. The summed E-state index contributed by atoms with van der Waals surface area (Å²) in [5, 5.41) is 5.16. The minimum Gasteiger partial charge on any atom is -0.112 e. The maximum atomic E-state index is 3.34. The average Bonchev–Trinajstić information content (AvgIpc) is 2.98. The first-order valence-electron chi connectivity index (χ1n) is 6.48. The standard InChI is InChI=1S/C19H12/c1-2-8-14(7-1)19-17-11-5-3-9-15(17)13-16-10-4-6-12-18(16)19/h1-7,9-13H. The van der Waals surface area contributed by atoms with Gasteiger partial charge in [-0.3, -0.25) is 0 Å². The Morgan fingerprint density at radius 2 is 1.37 bits per heavy atom. The molecule has 0 heteroatoms. The molecule has 0 heterocycles. The topological polar surface area (TPSA) is 0 Å². The van der Waals surface area contributed by atoms with Crippen LogP contribution in [0, 0.1) is 0 Å². The monoisotopic (exact) mass is 240 g/mol. The molecule has 0 fully saturated rings. The highest BCUT2D eigenvalue weighted by molar-refractivity contribution is 6.10. The molecule has 3 aromatic rings. The number of rotatable bonds is 1. The normalized spacial score (nSPS) is 13.4. The van der Waals surface area contributed by atoms with Crippen LogP contribution in [-0.4, -0.2) is 0 Å². The molecular weight excluding hydrogens is 228 g/mol. The fraction of sp³-hybridized carbons (Fsp3) is 0. The summed E-state index contributed by atoms with van der Waals surface area (Å²) in [5.41, 5.74) is 5.80. The van der Waals surface area contributed by atoms with Gasteiger partial charge in [0.05, 0.1) is 0 Å². The van der Waals surface area contributed by atoms with Gasteiger partial charge in [-0.1, -0.05) is 54.6 Å². The van der Waals surface area contributed by atoms with Gasteiger partial charge in [0.1, 0.15) is 0 Å². The quantitative estimate of drug-likeness (QED) is 0.410. The highest BCUT2D eigenvalue weighted by atomic mass is 14.1. The van der Waals surface area contributed by atoms with Crippen LogP contribution in [0.2, 0.25) is 0 Å². The highest BCUT2D eigenvalue weighted by Crippen LogP contribution is 2.34. The van der Waals surface area contributed by atoms with E-state index in [2.05, 4.69) is 66.4 Å². The third-order valence-electron chi connectivity index (χ3n) is 3.64. The summed E-state index contributed by atoms with van der Waals surface area (Å²) in [6.07, 6.45) is 6.16. The molecular formula is C19H12. The third kappa shape index (κ3) is 1.55. The van der Waals surface area contributed by atoms with Crippen LogP contribution in [-0.2, 0) is 0 Å². The average molecular weight is 240 g/mol. The predicted octanol–water partition coefficient (Wildman–Crippen LogP) is 5.10. The predicted molar refractivity (Wildman–Crippen MR) is 82.1 cm³/mol. The summed E-state index contributed by atoms with van der Waals surface area (Å²) in [6.45, 7) is 0. The molecule has 19 heavy (non-hydrogen) atoms. The molecule has 0 radical (unpaired) electrons. The molecule has 0 nitrogen and oxygen atoms in total. The van der Waals surface area contributed by atoms with Crippen molar-refractivity contribution in [2.45, 2.75) is 0 Å². The van der Waals surface area contributed by atoms with Crippen molar-refractivity contribution in [2.75, 3.05) is 0 Å². The van der Waals surface area contributed by atoms with Gasteiger partial charge in [-0.15, -0.1) is 5.73 Å². The number of hydrogen-bond donors (Lipinski definition) is 0. The van der Waals surface area contributed by atoms with Crippen LogP contribution in [0.5, 0.6) is 0 Å². The van der Waals surface area contributed by atoms with Gasteiger partial charge in [-0.2, -0.15) is 0 Å². The van der Waals surface area contributed by atoms with Crippen LogP contribution in [0.25, 0.3) is 27.1 Å². The summed E-state index contributed by atoms with van der Waals surface area (Å²) in [7, 11) is 0. The SMILES string of the molecule is C1=CC=CC=1c1c2ccccc2cc2ccccc12. The van der Waals surface area contributed by atoms with Gasteiger partial charge in [0.25, 0.3) is 0 Å². The van der Waals surface area contributed by atoms with E-state index in [-0.39, 0.29) is 0 Å². The van der Waals surface area contributed by atoms with Crippen LogP contribution in [0.3, 0.4) is 0 Å². The van der Waals surface area contributed by atoms with Crippen LogP contribution < -0.4 is 0 Å². The molecule has 0 saturated carbocycles. The molecule has 0 N–H and O–H groups in total. The van der Waals surface area contributed by atoms with Gasteiger partial charge in [0.2, 0.25) is 0 Å². The molecule has 1 aliphatic carbocycles. The summed E-state index contributed by atoms with van der Waals surface area (Å²) in [6, 6.07) is 19.4. The molecule has 3 aromatic carbocycles. The van der Waals surface area contributed by atoms with E-state index in [4.69, 9.17) is 0 Å². The number of allylic oxidation sites excluding steroid dienone is 3. The molecule has 0 spiro atoms. The van der Waals surface area contributed by atoms with Gasteiger partial charge in [-0.25, -0.2) is 0 Å². The molecule has 0 aromatic heterocycles. The number of fused-ring (bicyclic) bond motifs is 2. The fourth-order valence-corrected chi connectivity index (χ4v) is 2.79. The lowest BCUT2D eigenvalue weighted by molar-refractivity contribution is 1.72. The molecule has 1 aliphatic rings. The lowest BCUT2D eigenvalue weighted by atomic mass is 9.93. The smallest absolute Gasteiger partial charge is 0.0249 e. The summed E-state index contributed by atoms with van der Waals surface area (Å²) < 4.78 is 0. The van der Waals surface area contributed by atoms with Crippen LogP contribution in [0.4, 0.5) is 0 Å². The zero-order valence-electron chi connectivity index (χ0n) is 10.4. The molecule has 0 bridgehead atoms. The van der Waals surface area contributed by atoms with E-state index < -0.39 is 0 Å². The molecule has 4 rings (SSSR count). The van der Waals surface area contributed by atoms with E-state index in [0.29, 0.717) is 0 Å². The van der Waals surface area contributed by atoms with E-state index in [1.54, 1.807) is 0 Å².